The molecule has 0 atom stereocenters. The lowest BCUT2D eigenvalue weighted by atomic mass is 10.2. The fourth-order valence-electron chi connectivity index (χ4n) is 4.87. The molecule has 0 unspecified atom stereocenters. The highest BCUT2D eigenvalue weighted by Crippen LogP contribution is 2.32. The van der Waals surface area contributed by atoms with Crippen LogP contribution in [0.2, 0.25) is 0 Å². The predicted octanol–water partition coefficient (Wildman–Crippen LogP) is 6.37. The number of benzene rings is 4. The topological polar surface area (TPSA) is 48.5 Å². The summed E-state index contributed by atoms with van der Waals surface area (Å²) in [6.07, 6.45) is 0. The van der Waals surface area contributed by atoms with E-state index < -0.39 is 0 Å². The summed E-state index contributed by atoms with van der Waals surface area (Å²) in [5, 5.41) is 3.37. The van der Waals surface area contributed by atoms with Crippen LogP contribution in [0, 0.1) is 6.92 Å². The van der Waals surface area contributed by atoms with Crippen LogP contribution >= 0.6 is 0 Å². The van der Waals surface area contributed by atoms with Gasteiger partial charge in [0.25, 0.3) is 0 Å². The van der Waals surface area contributed by atoms with Crippen LogP contribution in [-0.4, -0.2) is 24.1 Å². The minimum atomic E-state index is 0.651. The van der Waals surface area contributed by atoms with E-state index in [1.54, 1.807) is 0 Å². The number of aromatic nitrogens is 5. The van der Waals surface area contributed by atoms with Crippen molar-refractivity contribution in [2.75, 3.05) is 0 Å². The number of aryl methyl sites for hydroxylation is 1. The summed E-state index contributed by atoms with van der Waals surface area (Å²) in [5.74, 6) is 2.38. The van der Waals surface area contributed by atoms with Crippen LogP contribution in [0.25, 0.3) is 55.5 Å². The zero-order chi connectivity index (χ0) is 21.9. The smallest absolute Gasteiger partial charge is 0.237 e. The van der Waals surface area contributed by atoms with Crippen LogP contribution in [0.15, 0.2) is 97.1 Å². The third kappa shape index (κ3) is 2.56. The lowest BCUT2D eigenvalue weighted by molar-refractivity contribution is 0.925. The summed E-state index contributed by atoms with van der Waals surface area (Å²) >= 11 is 0. The first-order valence-corrected chi connectivity index (χ1v) is 11.0. The summed E-state index contributed by atoms with van der Waals surface area (Å²) in [7, 11) is 0. The number of hydrogen-bond acceptors (Lipinski definition) is 3. The van der Waals surface area contributed by atoms with Gasteiger partial charge in [0.2, 0.25) is 5.95 Å². The van der Waals surface area contributed by atoms with Gasteiger partial charge in [0.1, 0.15) is 5.82 Å². The summed E-state index contributed by atoms with van der Waals surface area (Å²) in [6, 6.07) is 33.2. The second kappa shape index (κ2) is 6.74. The predicted molar refractivity (Wildman–Crippen MR) is 133 cm³/mol. The highest BCUT2D eigenvalue weighted by molar-refractivity contribution is 6.09. The van der Waals surface area contributed by atoms with E-state index in [1.165, 1.54) is 10.8 Å². The minimum Gasteiger partial charge on any atom is -0.280 e. The molecule has 0 bridgehead atoms. The molecule has 0 spiro atoms. The summed E-state index contributed by atoms with van der Waals surface area (Å²) < 4.78 is 4.30. The van der Waals surface area contributed by atoms with Gasteiger partial charge in [0.15, 0.2) is 5.82 Å². The van der Waals surface area contributed by atoms with Gasteiger partial charge >= 0.3 is 0 Å². The number of rotatable bonds is 2. The van der Waals surface area contributed by atoms with E-state index in [0.29, 0.717) is 5.95 Å². The highest BCUT2D eigenvalue weighted by atomic mass is 15.2. The van der Waals surface area contributed by atoms with Gasteiger partial charge in [-0.25, -0.2) is 9.97 Å². The molecular weight excluding hydrogens is 406 g/mol. The first kappa shape index (κ1) is 18.1. The summed E-state index contributed by atoms with van der Waals surface area (Å²) in [4.78, 5) is 15.0. The van der Waals surface area contributed by atoms with Crippen molar-refractivity contribution in [3.05, 3.63) is 103 Å². The Morgan fingerprint density at radius 2 is 1.03 bits per heavy atom. The molecule has 3 aromatic heterocycles. The second-order valence-electron chi connectivity index (χ2n) is 8.22. The molecular formula is C28H19N5. The first-order chi connectivity index (χ1) is 16.3. The molecule has 156 valence electrons. The van der Waals surface area contributed by atoms with Gasteiger partial charge in [-0.2, -0.15) is 4.98 Å². The summed E-state index contributed by atoms with van der Waals surface area (Å²) in [5.41, 5.74) is 5.07. The molecule has 0 saturated heterocycles. The van der Waals surface area contributed by atoms with Crippen LogP contribution in [0.3, 0.4) is 0 Å². The molecule has 33 heavy (non-hydrogen) atoms. The molecule has 0 amide bonds. The molecule has 0 fully saturated rings. The maximum absolute atomic E-state index is 5.17. The quantitative estimate of drug-likeness (QED) is 0.323. The van der Waals surface area contributed by atoms with Crippen LogP contribution in [0.5, 0.6) is 0 Å². The van der Waals surface area contributed by atoms with Gasteiger partial charge < -0.3 is 0 Å². The largest absolute Gasteiger partial charge is 0.280 e. The molecule has 7 rings (SSSR count). The molecule has 7 aromatic rings. The number of nitrogens with zero attached hydrogens (tertiary/aromatic N) is 5. The Morgan fingerprint density at radius 1 is 0.485 bits per heavy atom. The van der Waals surface area contributed by atoms with E-state index in [0.717, 1.165) is 44.6 Å². The zero-order valence-electron chi connectivity index (χ0n) is 18.0. The van der Waals surface area contributed by atoms with E-state index in [1.807, 2.05) is 43.3 Å². The fraction of sp³-hybridized carbons (Fsp3) is 0.0357. The van der Waals surface area contributed by atoms with Crippen LogP contribution < -0.4 is 0 Å². The maximum Gasteiger partial charge on any atom is 0.237 e. The normalized spacial score (nSPS) is 11.8. The summed E-state index contributed by atoms with van der Waals surface area (Å²) in [6.45, 7) is 2.02. The molecule has 5 nitrogen and oxygen atoms in total. The molecule has 4 aromatic carbocycles. The van der Waals surface area contributed by atoms with Crippen molar-refractivity contribution in [1.82, 2.24) is 24.1 Å². The maximum atomic E-state index is 5.17. The van der Waals surface area contributed by atoms with E-state index in [-0.39, 0.29) is 0 Å². The molecule has 3 heterocycles. The van der Waals surface area contributed by atoms with E-state index in [9.17, 15) is 0 Å². The molecule has 0 N–H and O–H groups in total. The van der Waals surface area contributed by atoms with Gasteiger partial charge in [-0.3, -0.25) is 9.13 Å². The van der Waals surface area contributed by atoms with Gasteiger partial charge in [0.05, 0.1) is 27.6 Å². The van der Waals surface area contributed by atoms with Crippen LogP contribution in [0.1, 0.15) is 5.82 Å². The lowest BCUT2D eigenvalue weighted by Crippen LogP contribution is -2.08. The van der Waals surface area contributed by atoms with Crippen molar-refractivity contribution < 1.29 is 0 Å². The van der Waals surface area contributed by atoms with Crippen LogP contribution in [-0.2, 0) is 0 Å². The monoisotopic (exact) mass is 425 g/mol. The van der Waals surface area contributed by atoms with Crippen LogP contribution in [0.4, 0.5) is 0 Å². The van der Waals surface area contributed by atoms with Gasteiger partial charge in [-0.05, 0) is 43.3 Å². The Kier molecular flexibility index (Phi) is 3.70. The Bertz CT molecular complexity index is 1790. The molecule has 0 aliphatic rings. The second-order valence-corrected chi connectivity index (χ2v) is 8.22. The molecule has 0 radical (unpaired) electrons. The Hall–Kier alpha value is -4.51. The highest BCUT2D eigenvalue weighted by Gasteiger charge is 2.18. The number of para-hydroxylation sites is 5. The van der Waals surface area contributed by atoms with Gasteiger partial charge in [0, 0.05) is 16.2 Å². The molecule has 0 saturated carbocycles. The average Bonchev–Trinajstić information content (AvgIpc) is 3.37. The van der Waals surface area contributed by atoms with E-state index in [2.05, 4.69) is 69.8 Å². The minimum absolute atomic E-state index is 0.651. The van der Waals surface area contributed by atoms with Crippen molar-refractivity contribution in [2.45, 2.75) is 6.92 Å². The van der Waals surface area contributed by atoms with Crippen molar-refractivity contribution >= 4 is 43.7 Å². The fourth-order valence-corrected chi connectivity index (χ4v) is 4.87. The third-order valence-corrected chi connectivity index (χ3v) is 6.29. The van der Waals surface area contributed by atoms with Crippen molar-refractivity contribution in [2.24, 2.45) is 0 Å². The number of hydrogen-bond donors (Lipinski definition) is 0. The van der Waals surface area contributed by atoms with E-state index >= 15 is 0 Å². The van der Waals surface area contributed by atoms with Crippen molar-refractivity contribution in [3.8, 4) is 11.8 Å². The average molecular weight is 425 g/mol. The Balaban J connectivity index is 1.63. The lowest BCUT2D eigenvalue weighted by Gasteiger charge is -2.13. The van der Waals surface area contributed by atoms with Gasteiger partial charge in [-0.1, -0.05) is 60.7 Å². The van der Waals surface area contributed by atoms with E-state index in [4.69, 9.17) is 15.0 Å². The van der Waals surface area contributed by atoms with Gasteiger partial charge in [-0.15, -0.1) is 0 Å². The van der Waals surface area contributed by atoms with Crippen molar-refractivity contribution in [3.63, 3.8) is 0 Å². The SMILES string of the molecule is Cc1nc2ccccc2n1-c1nc(-n2c3ccccc3c3ccccc32)nc2ccccc12. The van der Waals surface area contributed by atoms with Crippen molar-refractivity contribution in [1.29, 1.82) is 0 Å². The Morgan fingerprint density at radius 3 is 1.73 bits per heavy atom. The number of fused-ring (bicyclic) bond motifs is 5. The molecule has 0 aliphatic heterocycles. The zero-order valence-corrected chi connectivity index (χ0v) is 18.0. The first-order valence-electron chi connectivity index (χ1n) is 11.0. The molecule has 5 heteroatoms. The molecule has 0 aliphatic carbocycles. The standard InChI is InChI=1S/C28H19N5/c1-18-29-23-14-6-9-17-26(23)32(18)27-21-12-2-5-13-22(21)30-28(31-27)33-24-15-7-3-10-19(24)20-11-4-8-16-25(20)33/h2-17H,1H3. The third-order valence-electron chi connectivity index (χ3n) is 6.29. The Labute approximate surface area is 189 Å². The number of imidazole rings is 1.